The fourth-order valence-electron chi connectivity index (χ4n) is 2.24. The van der Waals surface area contributed by atoms with Crippen LogP contribution in [0.1, 0.15) is 37.8 Å². The lowest BCUT2D eigenvalue weighted by Crippen LogP contribution is -2.09. The first-order chi connectivity index (χ1) is 9.75. The molecule has 1 aromatic carbocycles. The van der Waals surface area contributed by atoms with Crippen molar-refractivity contribution in [2.24, 2.45) is 0 Å². The van der Waals surface area contributed by atoms with E-state index in [2.05, 4.69) is 10.3 Å². The topological polar surface area (TPSA) is 24.9 Å². The zero-order valence-electron chi connectivity index (χ0n) is 12.0. The van der Waals surface area contributed by atoms with Gasteiger partial charge in [0.05, 0.1) is 16.1 Å². The molecule has 0 aliphatic rings. The van der Waals surface area contributed by atoms with Crippen molar-refractivity contribution in [3.05, 3.63) is 34.3 Å². The van der Waals surface area contributed by atoms with Gasteiger partial charge in [0, 0.05) is 11.9 Å². The van der Waals surface area contributed by atoms with E-state index in [1.807, 2.05) is 20.8 Å². The van der Waals surface area contributed by atoms with Crippen LogP contribution in [0.4, 0.5) is 19.0 Å². The number of rotatable bonds is 3. The number of hydrogen-bond acceptors (Lipinski definition) is 2. The van der Waals surface area contributed by atoms with Gasteiger partial charge in [0.1, 0.15) is 5.82 Å². The van der Waals surface area contributed by atoms with E-state index in [4.69, 9.17) is 11.6 Å². The highest BCUT2D eigenvalue weighted by molar-refractivity contribution is 6.35. The van der Waals surface area contributed by atoms with E-state index >= 15 is 0 Å². The summed E-state index contributed by atoms with van der Waals surface area (Å²) in [6, 6.07) is 3.79. The largest absolute Gasteiger partial charge is 0.417 e. The average molecular weight is 317 g/mol. The van der Waals surface area contributed by atoms with Crippen LogP contribution in [0.2, 0.25) is 5.02 Å². The summed E-state index contributed by atoms with van der Waals surface area (Å²) in [6.45, 7) is 6.38. The Hall–Kier alpha value is -1.49. The van der Waals surface area contributed by atoms with E-state index in [-0.39, 0.29) is 21.8 Å². The lowest BCUT2D eigenvalue weighted by molar-refractivity contribution is -0.136. The molecule has 6 heteroatoms. The van der Waals surface area contributed by atoms with Gasteiger partial charge in [-0.1, -0.05) is 25.4 Å². The van der Waals surface area contributed by atoms with Gasteiger partial charge in [-0.3, -0.25) is 0 Å². The maximum Gasteiger partial charge on any atom is 0.417 e. The third-order valence-corrected chi connectivity index (χ3v) is 3.54. The second-order valence-electron chi connectivity index (χ2n) is 5.10. The number of benzene rings is 1. The summed E-state index contributed by atoms with van der Waals surface area (Å²) in [6.07, 6.45) is -4.43. The Balaban J connectivity index is 2.83. The fourth-order valence-corrected chi connectivity index (χ4v) is 2.44. The molecule has 0 spiro atoms. The predicted octanol–water partition coefficient (Wildman–Crippen LogP) is 5.46. The third kappa shape index (κ3) is 3.07. The Morgan fingerprint density at radius 1 is 1.29 bits per heavy atom. The van der Waals surface area contributed by atoms with Crippen molar-refractivity contribution in [3.8, 4) is 0 Å². The zero-order valence-corrected chi connectivity index (χ0v) is 12.7. The molecule has 114 valence electrons. The van der Waals surface area contributed by atoms with Gasteiger partial charge < -0.3 is 5.32 Å². The van der Waals surface area contributed by atoms with Crippen LogP contribution in [0, 0.1) is 0 Å². The molecule has 0 aliphatic carbocycles. The number of nitrogens with zero attached hydrogens (tertiary/aromatic N) is 1. The lowest BCUT2D eigenvalue weighted by atomic mass is 9.99. The van der Waals surface area contributed by atoms with Crippen molar-refractivity contribution >= 4 is 28.3 Å². The molecule has 21 heavy (non-hydrogen) atoms. The number of anilines is 1. The van der Waals surface area contributed by atoms with Gasteiger partial charge in [0.25, 0.3) is 0 Å². The second-order valence-corrected chi connectivity index (χ2v) is 5.51. The Morgan fingerprint density at radius 3 is 2.48 bits per heavy atom. The average Bonchev–Trinajstić information content (AvgIpc) is 2.37. The zero-order chi connectivity index (χ0) is 15.8. The van der Waals surface area contributed by atoms with Gasteiger partial charge in [0.2, 0.25) is 0 Å². The third-order valence-electron chi connectivity index (χ3n) is 3.24. The summed E-state index contributed by atoms with van der Waals surface area (Å²) in [5.74, 6) is 0.636. The molecule has 0 amide bonds. The van der Waals surface area contributed by atoms with Crippen LogP contribution in [0.3, 0.4) is 0 Å². The maximum atomic E-state index is 13.1. The van der Waals surface area contributed by atoms with Crippen LogP contribution < -0.4 is 5.32 Å². The van der Waals surface area contributed by atoms with Crippen LogP contribution in [0.5, 0.6) is 0 Å². The molecule has 2 aromatic rings. The van der Waals surface area contributed by atoms with Crippen LogP contribution in [-0.4, -0.2) is 11.5 Å². The smallest absolute Gasteiger partial charge is 0.370 e. The van der Waals surface area contributed by atoms with Gasteiger partial charge in [-0.25, -0.2) is 4.98 Å². The number of aromatic nitrogens is 1. The molecule has 1 heterocycles. The van der Waals surface area contributed by atoms with Gasteiger partial charge in [-0.15, -0.1) is 0 Å². The van der Waals surface area contributed by atoms with E-state index in [0.29, 0.717) is 12.4 Å². The Kier molecular flexibility index (Phi) is 4.33. The summed E-state index contributed by atoms with van der Waals surface area (Å²) < 4.78 is 39.4. The number of halogens is 4. The number of pyridine rings is 1. The normalized spacial score (nSPS) is 12.2. The molecular weight excluding hydrogens is 301 g/mol. The Bertz CT molecular complexity index is 666. The van der Waals surface area contributed by atoms with Crippen molar-refractivity contribution in [2.75, 3.05) is 11.9 Å². The molecule has 1 aromatic heterocycles. The summed E-state index contributed by atoms with van der Waals surface area (Å²) >= 11 is 6.03. The predicted molar refractivity (Wildman–Crippen MR) is 80.0 cm³/mol. The molecule has 0 saturated carbocycles. The summed E-state index contributed by atoms with van der Waals surface area (Å²) in [5, 5.41) is 3.34. The van der Waals surface area contributed by atoms with Gasteiger partial charge >= 0.3 is 6.18 Å². The number of hydrogen-bond donors (Lipinski definition) is 1. The first-order valence-electron chi connectivity index (χ1n) is 6.70. The molecule has 0 unspecified atom stereocenters. The maximum absolute atomic E-state index is 13.1. The highest BCUT2D eigenvalue weighted by Gasteiger charge is 2.33. The minimum Gasteiger partial charge on any atom is -0.370 e. The summed E-state index contributed by atoms with van der Waals surface area (Å²) in [5.41, 5.74) is 0.211. The molecule has 0 radical (unpaired) electrons. The minimum absolute atomic E-state index is 0.0420. The van der Waals surface area contributed by atoms with Crippen LogP contribution in [0.15, 0.2) is 18.2 Å². The number of alkyl halides is 3. The van der Waals surface area contributed by atoms with Gasteiger partial charge in [-0.05, 0) is 36.6 Å². The minimum atomic E-state index is -4.43. The molecule has 0 fully saturated rings. The van der Waals surface area contributed by atoms with Crippen molar-refractivity contribution in [1.82, 2.24) is 4.98 Å². The lowest BCUT2D eigenvalue weighted by Gasteiger charge is -2.17. The highest BCUT2D eigenvalue weighted by atomic mass is 35.5. The molecular formula is C15H16ClF3N2. The second kappa shape index (κ2) is 5.72. The van der Waals surface area contributed by atoms with Gasteiger partial charge in [-0.2, -0.15) is 13.2 Å². The molecule has 0 aliphatic heterocycles. The van der Waals surface area contributed by atoms with E-state index < -0.39 is 11.7 Å². The Labute approximate surface area is 126 Å². The molecule has 2 nitrogen and oxygen atoms in total. The molecule has 2 rings (SSSR count). The van der Waals surface area contributed by atoms with Crippen molar-refractivity contribution < 1.29 is 13.2 Å². The van der Waals surface area contributed by atoms with Gasteiger partial charge in [0.15, 0.2) is 0 Å². The molecule has 1 N–H and O–H groups in total. The van der Waals surface area contributed by atoms with Crippen LogP contribution >= 0.6 is 11.6 Å². The van der Waals surface area contributed by atoms with E-state index in [0.717, 1.165) is 11.6 Å². The number of fused-ring (bicyclic) bond motifs is 1. The SMILES string of the molecule is CCNc1nc2c(Cl)ccc(C(F)(F)F)c2cc1C(C)C. The van der Waals surface area contributed by atoms with E-state index in [9.17, 15) is 13.2 Å². The first-order valence-corrected chi connectivity index (χ1v) is 7.07. The molecule has 0 atom stereocenters. The highest BCUT2D eigenvalue weighted by Crippen LogP contribution is 2.39. The Morgan fingerprint density at radius 2 is 1.95 bits per heavy atom. The molecule has 0 bridgehead atoms. The fraction of sp³-hybridized carbons (Fsp3) is 0.400. The monoisotopic (exact) mass is 316 g/mol. The quantitative estimate of drug-likeness (QED) is 0.813. The van der Waals surface area contributed by atoms with Crippen molar-refractivity contribution in [1.29, 1.82) is 0 Å². The standard InChI is InChI=1S/C15H16ClF3N2/c1-4-20-14-9(8(2)3)7-10-11(15(17,18)19)5-6-12(16)13(10)21-14/h5-8H,4H2,1-3H3,(H,20,21). The van der Waals surface area contributed by atoms with E-state index in [1.165, 1.54) is 6.07 Å². The van der Waals surface area contributed by atoms with Crippen LogP contribution in [0.25, 0.3) is 10.9 Å². The number of nitrogens with one attached hydrogen (secondary N) is 1. The molecule has 0 saturated heterocycles. The summed E-state index contributed by atoms with van der Waals surface area (Å²) in [7, 11) is 0. The van der Waals surface area contributed by atoms with E-state index in [1.54, 1.807) is 6.07 Å². The van der Waals surface area contributed by atoms with Crippen LogP contribution in [-0.2, 0) is 6.18 Å². The summed E-state index contributed by atoms with van der Waals surface area (Å²) in [4.78, 5) is 4.32. The van der Waals surface area contributed by atoms with Crippen molar-refractivity contribution in [2.45, 2.75) is 32.9 Å². The first kappa shape index (κ1) is 15.9. The van der Waals surface area contributed by atoms with Crippen molar-refractivity contribution in [3.63, 3.8) is 0 Å².